The molecule has 1 aliphatic rings. The van der Waals surface area contributed by atoms with Crippen LogP contribution in [-0.4, -0.2) is 29.4 Å². The molecule has 1 unspecified atom stereocenters. The second-order valence-corrected chi connectivity index (χ2v) is 8.63. The van der Waals surface area contributed by atoms with Crippen LogP contribution in [-0.2, 0) is 19.1 Å². The SMILES string of the molecule is CC(OC(=O)C1(CC(=O)NC(C)(C)C)CCCC1)C(=O)Nc1ccc(F)c(F)c1. The number of carbonyl (C=O) groups is 3. The van der Waals surface area contributed by atoms with Gasteiger partial charge in [0.1, 0.15) is 0 Å². The molecule has 0 radical (unpaired) electrons. The van der Waals surface area contributed by atoms with Gasteiger partial charge in [0.05, 0.1) is 5.41 Å². The molecule has 6 nitrogen and oxygen atoms in total. The molecule has 1 saturated carbocycles. The largest absolute Gasteiger partial charge is 0.452 e. The van der Waals surface area contributed by atoms with E-state index < -0.39 is 40.6 Å². The van der Waals surface area contributed by atoms with E-state index in [-0.39, 0.29) is 18.0 Å². The van der Waals surface area contributed by atoms with Crippen LogP contribution in [0.15, 0.2) is 18.2 Å². The summed E-state index contributed by atoms with van der Waals surface area (Å²) in [5.41, 5.74) is -1.32. The third-order valence-corrected chi connectivity index (χ3v) is 4.85. The van der Waals surface area contributed by atoms with Crippen LogP contribution < -0.4 is 10.6 Å². The van der Waals surface area contributed by atoms with Gasteiger partial charge in [0.15, 0.2) is 17.7 Å². The molecule has 1 aromatic carbocycles. The van der Waals surface area contributed by atoms with Crippen molar-refractivity contribution in [3.63, 3.8) is 0 Å². The summed E-state index contributed by atoms with van der Waals surface area (Å²) in [6, 6.07) is 2.94. The second kappa shape index (κ2) is 8.88. The predicted molar refractivity (Wildman–Crippen MR) is 104 cm³/mol. The Labute approximate surface area is 169 Å². The van der Waals surface area contributed by atoms with Gasteiger partial charge in [-0.1, -0.05) is 12.8 Å². The van der Waals surface area contributed by atoms with Gasteiger partial charge in [0.25, 0.3) is 5.91 Å². The molecule has 8 heteroatoms. The standard InChI is InChI=1S/C21H28F2N2O4/c1-13(18(27)24-14-7-8-15(22)16(23)11-14)29-19(28)21(9-5-6-10-21)12-17(26)25-20(2,3)4/h7-8,11,13H,5-6,9-10,12H2,1-4H3,(H,24,27)(H,25,26). The van der Waals surface area contributed by atoms with Crippen LogP contribution in [0, 0.1) is 17.0 Å². The lowest BCUT2D eigenvalue weighted by molar-refractivity contribution is -0.165. The molecule has 1 aromatic rings. The fourth-order valence-electron chi connectivity index (χ4n) is 3.43. The molecular formula is C21H28F2N2O4. The number of carbonyl (C=O) groups excluding carboxylic acids is 3. The average Bonchev–Trinajstić information content (AvgIpc) is 3.06. The summed E-state index contributed by atoms with van der Waals surface area (Å²) in [6.07, 6.45) is 1.47. The van der Waals surface area contributed by atoms with Gasteiger partial charge in [-0.15, -0.1) is 0 Å². The molecule has 0 bridgehead atoms. The Morgan fingerprint density at radius 1 is 1.14 bits per heavy atom. The molecule has 29 heavy (non-hydrogen) atoms. The number of amides is 2. The van der Waals surface area contributed by atoms with Crippen LogP contribution in [0.3, 0.4) is 0 Å². The molecule has 0 aliphatic heterocycles. The third kappa shape index (κ3) is 6.24. The molecule has 2 N–H and O–H groups in total. The van der Waals surface area contributed by atoms with Crippen LogP contribution in [0.25, 0.3) is 0 Å². The summed E-state index contributed by atoms with van der Waals surface area (Å²) in [5.74, 6) is -3.62. The molecule has 0 spiro atoms. The van der Waals surface area contributed by atoms with E-state index in [4.69, 9.17) is 4.74 Å². The summed E-state index contributed by atoms with van der Waals surface area (Å²) < 4.78 is 31.6. The van der Waals surface area contributed by atoms with Crippen LogP contribution >= 0.6 is 0 Å². The Hall–Kier alpha value is -2.51. The summed E-state index contributed by atoms with van der Waals surface area (Å²) in [7, 11) is 0. The van der Waals surface area contributed by atoms with Gasteiger partial charge in [0, 0.05) is 23.7 Å². The Balaban J connectivity index is 2.01. The maximum absolute atomic E-state index is 13.3. The average molecular weight is 410 g/mol. The van der Waals surface area contributed by atoms with Gasteiger partial charge < -0.3 is 15.4 Å². The first-order valence-corrected chi connectivity index (χ1v) is 9.70. The quantitative estimate of drug-likeness (QED) is 0.701. The number of halogens is 2. The minimum atomic E-state index is -1.15. The van der Waals surface area contributed by atoms with Crippen LogP contribution in [0.1, 0.15) is 59.8 Å². The molecule has 0 saturated heterocycles. The molecule has 160 valence electrons. The maximum Gasteiger partial charge on any atom is 0.313 e. The van der Waals surface area contributed by atoms with Crippen molar-refractivity contribution in [3.05, 3.63) is 29.8 Å². The van der Waals surface area contributed by atoms with E-state index in [0.717, 1.165) is 25.0 Å². The van der Waals surface area contributed by atoms with E-state index in [9.17, 15) is 23.2 Å². The van der Waals surface area contributed by atoms with Crippen molar-refractivity contribution >= 4 is 23.5 Å². The van der Waals surface area contributed by atoms with Crippen LogP contribution in [0.4, 0.5) is 14.5 Å². The zero-order valence-corrected chi connectivity index (χ0v) is 17.2. The fourth-order valence-corrected chi connectivity index (χ4v) is 3.43. The Bertz CT molecular complexity index is 783. The molecule has 2 amide bonds. The minimum Gasteiger partial charge on any atom is -0.452 e. The summed E-state index contributed by atoms with van der Waals surface area (Å²) >= 11 is 0. The first-order valence-electron chi connectivity index (χ1n) is 9.70. The van der Waals surface area contributed by atoms with Gasteiger partial charge in [-0.25, -0.2) is 8.78 Å². The highest BCUT2D eigenvalue weighted by Gasteiger charge is 2.45. The van der Waals surface area contributed by atoms with E-state index in [0.29, 0.717) is 12.8 Å². The summed E-state index contributed by atoms with van der Waals surface area (Å²) in [4.78, 5) is 37.5. The van der Waals surface area contributed by atoms with Crippen molar-refractivity contribution in [2.45, 2.75) is 71.4 Å². The lowest BCUT2D eigenvalue weighted by Gasteiger charge is -2.29. The highest BCUT2D eigenvalue weighted by atomic mass is 19.2. The molecule has 1 fully saturated rings. The van der Waals surface area contributed by atoms with Gasteiger partial charge >= 0.3 is 5.97 Å². The van der Waals surface area contributed by atoms with E-state index in [1.54, 1.807) is 0 Å². The number of hydrogen-bond acceptors (Lipinski definition) is 4. The van der Waals surface area contributed by atoms with E-state index in [1.807, 2.05) is 20.8 Å². The minimum absolute atomic E-state index is 0.000611. The number of benzene rings is 1. The molecule has 0 aromatic heterocycles. The van der Waals surface area contributed by atoms with E-state index in [1.165, 1.54) is 13.0 Å². The lowest BCUT2D eigenvalue weighted by Crippen LogP contribution is -2.45. The maximum atomic E-state index is 13.3. The molecular weight excluding hydrogens is 382 g/mol. The number of nitrogens with one attached hydrogen (secondary N) is 2. The van der Waals surface area contributed by atoms with Crippen molar-refractivity contribution in [2.24, 2.45) is 5.41 Å². The summed E-state index contributed by atoms with van der Waals surface area (Å²) in [6.45, 7) is 6.96. The lowest BCUT2D eigenvalue weighted by atomic mass is 9.82. The molecule has 0 heterocycles. The smallest absolute Gasteiger partial charge is 0.313 e. The number of ether oxygens (including phenoxy) is 1. The number of rotatable bonds is 6. The highest BCUT2D eigenvalue weighted by molar-refractivity contribution is 5.96. The molecule has 1 aliphatic carbocycles. The van der Waals surface area contributed by atoms with Crippen molar-refractivity contribution in [1.29, 1.82) is 0 Å². The highest BCUT2D eigenvalue weighted by Crippen LogP contribution is 2.42. The van der Waals surface area contributed by atoms with Crippen LogP contribution in [0.5, 0.6) is 0 Å². The van der Waals surface area contributed by atoms with E-state index >= 15 is 0 Å². The molecule has 2 rings (SSSR count). The Morgan fingerprint density at radius 3 is 2.31 bits per heavy atom. The van der Waals surface area contributed by atoms with Gasteiger partial charge in [0.2, 0.25) is 5.91 Å². The second-order valence-electron chi connectivity index (χ2n) is 8.63. The van der Waals surface area contributed by atoms with Crippen molar-refractivity contribution in [1.82, 2.24) is 5.32 Å². The van der Waals surface area contributed by atoms with Crippen molar-refractivity contribution in [3.8, 4) is 0 Å². The number of esters is 1. The van der Waals surface area contributed by atoms with E-state index in [2.05, 4.69) is 10.6 Å². The molecule has 1 atom stereocenters. The van der Waals surface area contributed by atoms with Crippen molar-refractivity contribution in [2.75, 3.05) is 5.32 Å². The first kappa shape index (κ1) is 22.8. The Morgan fingerprint density at radius 2 is 1.76 bits per heavy atom. The summed E-state index contributed by atoms with van der Waals surface area (Å²) in [5, 5.41) is 5.24. The number of hydrogen-bond donors (Lipinski definition) is 2. The zero-order valence-electron chi connectivity index (χ0n) is 17.2. The van der Waals surface area contributed by atoms with Gasteiger partial charge in [-0.3, -0.25) is 14.4 Å². The zero-order chi connectivity index (χ0) is 21.8. The topological polar surface area (TPSA) is 84.5 Å². The van der Waals surface area contributed by atoms with Crippen LogP contribution in [0.2, 0.25) is 0 Å². The Kier molecular flexibility index (Phi) is 6.97. The van der Waals surface area contributed by atoms with Gasteiger partial charge in [-0.2, -0.15) is 0 Å². The van der Waals surface area contributed by atoms with Crippen molar-refractivity contribution < 1.29 is 27.9 Å². The first-order chi connectivity index (χ1) is 13.4. The predicted octanol–water partition coefficient (Wildman–Crippen LogP) is 3.70. The number of anilines is 1. The normalized spacial score (nSPS) is 16.8. The third-order valence-electron chi connectivity index (χ3n) is 4.85. The van der Waals surface area contributed by atoms with Gasteiger partial charge in [-0.05, 0) is 52.7 Å². The fraction of sp³-hybridized carbons (Fsp3) is 0.571. The monoisotopic (exact) mass is 410 g/mol.